The van der Waals surface area contributed by atoms with Crippen LogP contribution >= 0.6 is 23.2 Å². The lowest BCUT2D eigenvalue weighted by atomic mass is 10.0. The molecule has 4 aromatic rings. The van der Waals surface area contributed by atoms with Gasteiger partial charge in [-0.15, -0.1) is 0 Å². The molecule has 28 heavy (non-hydrogen) atoms. The van der Waals surface area contributed by atoms with E-state index in [-0.39, 0.29) is 5.97 Å². The molecule has 0 saturated heterocycles. The van der Waals surface area contributed by atoms with Crippen molar-refractivity contribution in [2.45, 2.75) is 6.92 Å². The summed E-state index contributed by atoms with van der Waals surface area (Å²) >= 11 is 12.1. The van der Waals surface area contributed by atoms with E-state index in [1.54, 1.807) is 19.2 Å². The van der Waals surface area contributed by atoms with E-state index < -0.39 is 0 Å². The summed E-state index contributed by atoms with van der Waals surface area (Å²) in [4.78, 5) is 17.0. The molecular formula is C22H16Cl2N2O2. The lowest BCUT2D eigenvalue weighted by Gasteiger charge is -2.08. The minimum atomic E-state index is -0.367. The molecule has 2 aromatic heterocycles. The van der Waals surface area contributed by atoms with E-state index in [0.29, 0.717) is 22.2 Å². The maximum Gasteiger partial charge on any atom is 0.339 e. The maximum atomic E-state index is 12.2. The van der Waals surface area contributed by atoms with Gasteiger partial charge in [-0.3, -0.25) is 4.40 Å². The SMILES string of the molecule is CCOC(=O)c1ccc2nc(-c3ccc(Cl)cc3)c(-c3ccc(Cl)cc3)n2c1. The van der Waals surface area contributed by atoms with Crippen molar-refractivity contribution in [3.63, 3.8) is 0 Å². The summed E-state index contributed by atoms with van der Waals surface area (Å²) in [5, 5.41) is 1.31. The fourth-order valence-corrected chi connectivity index (χ4v) is 3.32. The predicted octanol–water partition coefficient (Wildman–Crippen LogP) is 6.15. The molecule has 6 heteroatoms. The summed E-state index contributed by atoms with van der Waals surface area (Å²) in [6, 6.07) is 18.6. The molecule has 0 aliphatic rings. The van der Waals surface area contributed by atoms with Crippen LogP contribution in [0.5, 0.6) is 0 Å². The lowest BCUT2D eigenvalue weighted by Crippen LogP contribution is -2.06. The second-order valence-electron chi connectivity index (χ2n) is 6.19. The number of esters is 1. The van der Waals surface area contributed by atoms with Crippen molar-refractivity contribution in [2.24, 2.45) is 0 Å². The van der Waals surface area contributed by atoms with Crippen molar-refractivity contribution < 1.29 is 9.53 Å². The summed E-state index contributed by atoms with van der Waals surface area (Å²) in [7, 11) is 0. The van der Waals surface area contributed by atoms with E-state index >= 15 is 0 Å². The number of hydrogen-bond acceptors (Lipinski definition) is 3. The number of halogens is 2. The van der Waals surface area contributed by atoms with Crippen molar-refractivity contribution in [1.29, 1.82) is 0 Å². The highest BCUT2D eigenvalue weighted by atomic mass is 35.5. The van der Waals surface area contributed by atoms with Crippen LogP contribution < -0.4 is 0 Å². The van der Waals surface area contributed by atoms with E-state index in [2.05, 4.69) is 0 Å². The fraction of sp³-hybridized carbons (Fsp3) is 0.0909. The minimum absolute atomic E-state index is 0.320. The van der Waals surface area contributed by atoms with Crippen LogP contribution in [0, 0.1) is 0 Å². The van der Waals surface area contributed by atoms with Crippen LogP contribution in [0.3, 0.4) is 0 Å². The summed E-state index contributed by atoms with van der Waals surface area (Å²) in [6.45, 7) is 2.10. The average molecular weight is 411 g/mol. The van der Waals surface area contributed by atoms with E-state index in [4.69, 9.17) is 32.9 Å². The molecule has 0 N–H and O–H groups in total. The Bertz CT molecular complexity index is 1150. The second kappa shape index (κ2) is 7.66. The third-order valence-corrected chi connectivity index (χ3v) is 4.87. The molecule has 140 valence electrons. The fourth-order valence-electron chi connectivity index (χ4n) is 3.07. The molecule has 0 aliphatic carbocycles. The molecule has 0 radical (unpaired) electrons. The zero-order valence-electron chi connectivity index (χ0n) is 15.0. The quantitative estimate of drug-likeness (QED) is 0.378. The van der Waals surface area contributed by atoms with Gasteiger partial charge in [0.25, 0.3) is 0 Å². The number of rotatable bonds is 4. The molecule has 0 bridgehead atoms. The van der Waals surface area contributed by atoms with Gasteiger partial charge < -0.3 is 4.74 Å². The van der Waals surface area contributed by atoms with Crippen LogP contribution in [0.25, 0.3) is 28.2 Å². The van der Waals surface area contributed by atoms with Crippen molar-refractivity contribution in [2.75, 3.05) is 6.61 Å². The molecule has 0 aliphatic heterocycles. The summed E-state index contributed by atoms with van der Waals surface area (Å²) in [5.74, 6) is -0.367. The van der Waals surface area contributed by atoms with Gasteiger partial charge >= 0.3 is 5.97 Å². The Hall–Kier alpha value is -2.82. The number of benzene rings is 2. The molecule has 0 fully saturated rings. The number of aromatic nitrogens is 2. The van der Waals surface area contributed by atoms with E-state index in [1.807, 2.05) is 59.0 Å². The van der Waals surface area contributed by atoms with Crippen LogP contribution in [-0.4, -0.2) is 22.0 Å². The van der Waals surface area contributed by atoms with Gasteiger partial charge in [0.05, 0.1) is 23.6 Å². The van der Waals surface area contributed by atoms with Crippen molar-refractivity contribution in [3.8, 4) is 22.5 Å². The number of hydrogen-bond donors (Lipinski definition) is 0. The lowest BCUT2D eigenvalue weighted by molar-refractivity contribution is 0.0526. The highest BCUT2D eigenvalue weighted by Crippen LogP contribution is 2.34. The highest BCUT2D eigenvalue weighted by molar-refractivity contribution is 6.31. The Morgan fingerprint density at radius 1 is 0.929 bits per heavy atom. The second-order valence-corrected chi connectivity index (χ2v) is 7.06. The van der Waals surface area contributed by atoms with Gasteiger partial charge in [0.15, 0.2) is 0 Å². The van der Waals surface area contributed by atoms with Gasteiger partial charge in [-0.25, -0.2) is 9.78 Å². The highest BCUT2D eigenvalue weighted by Gasteiger charge is 2.18. The average Bonchev–Trinajstić information content (AvgIpc) is 3.08. The third-order valence-electron chi connectivity index (χ3n) is 4.36. The molecular weight excluding hydrogens is 395 g/mol. The topological polar surface area (TPSA) is 43.6 Å². The van der Waals surface area contributed by atoms with Gasteiger partial charge in [-0.1, -0.05) is 47.5 Å². The predicted molar refractivity (Wildman–Crippen MR) is 112 cm³/mol. The molecule has 4 rings (SSSR count). The molecule has 0 saturated carbocycles. The Balaban J connectivity index is 1.97. The largest absolute Gasteiger partial charge is 0.462 e. The molecule has 4 nitrogen and oxygen atoms in total. The Morgan fingerprint density at radius 2 is 1.54 bits per heavy atom. The Kier molecular flexibility index (Phi) is 5.07. The van der Waals surface area contributed by atoms with Gasteiger partial charge in [0, 0.05) is 27.4 Å². The number of imidazole rings is 1. The first kappa shape index (κ1) is 18.5. The number of nitrogens with zero attached hydrogens (tertiary/aromatic N) is 2. The van der Waals surface area contributed by atoms with Crippen molar-refractivity contribution in [1.82, 2.24) is 9.38 Å². The van der Waals surface area contributed by atoms with E-state index in [0.717, 1.165) is 28.2 Å². The van der Waals surface area contributed by atoms with Crippen molar-refractivity contribution in [3.05, 3.63) is 82.5 Å². The van der Waals surface area contributed by atoms with Gasteiger partial charge in [0.1, 0.15) is 5.65 Å². The van der Waals surface area contributed by atoms with E-state index in [1.165, 1.54) is 0 Å². The monoisotopic (exact) mass is 410 g/mol. The summed E-state index contributed by atoms with van der Waals surface area (Å²) in [6.07, 6.45) is 1.75. The van der Waals surface area contributed by atoms with Gasteiger partial charge in [-0.2, -0.15) is 0 Å². The van der Waals surface area contributed by atoms with E-state index in [9.17, 15) is 4.79 Å². The van der Waals surface area contributed by atoms with Gasteiger partial charge in [-0.05, 0) is 43.3 Å². The van der Waals surface area contributed by atoms with Crippen LogP contribution in [0.15, 0.2) is 66.9 Å². The normalized spacial score (nSPS) is 11.0. The molecule has 0 spiro atoms. The number of fused-ring (bicyclic) bond motifs is 1. The number of pyridine rings is 1. The zero-order valence-corrected chi connectivity index (χ0v) is 16.5. The number of carbonyl (C=O) groups excluding carboxylic acids is 1. The van der Waals surface area contributed by atoms with Crippen LogP contribution in [0.4, 0.5) is 0 Å². The maximum absolute atomic E-state index is 12.2. The first-order valence-corrected chi connectivity index (χ1v) is 9.53. The molecule has 0 unspecified atom stereocenters. The van der Waals surface area contributed by atoms with Crippen LogP contribution in [0.2, 0.25) is 10.0 Å². The van der Waals surface area contributed by atoms with Crippen molar-refractivity contribution >= 4 is 34.8 Å². The molecule has 2 heterocycles. The van der Waals surface area contributed by atoms with Crippen LogP contribution in [-0.2, 0) is 4.74 Å². The molecule has 2 aromatic carbocycles. The number of ether oxygens (including phenoxy) is 1. The van der Waals surface area contributed by atoms with Crippen LogP contribution in [0.1, 0.15) is 17.3 Å². The minimum Gasteiger partial charge on any atom is -0.462 e. The smallest absolute Gasteiger partial charge is 0.339 e. The summed E-state index contributed by atoms with van der Waals surface area (Å²) < 4.78 is 7.04. The Labute approximate surface area is 172 Å². The molecule has 0 atom stereocenters. The standard InChI is InChI=1S/C22H16Cl2N2O2/c1-2-28-22(27)16-7-12-19-25-20(14-3-8-17(23)9-4-14)21(26(19)13-16)15-5-10-18(24)11-6-15/h3-13H,2H2,1H3. The third kappa shape index (κ3) is 3.49. The first-order valence-electron chi connectivity index (χ1n) is 8.78. The molecule has 0 amide bonds. The zero-order chi connectivity index (χ0) is 19.7. The van der Waals surface area contributed by atoms with Gasteiger partial charge in [0.2, 0.25) is 0 Å². The number of carbonyl (C=O) groups is 1. The first-order chi connectivity index (χ1) is 13.6. The Morgan fingerprint density at radius 3 is 2.14 bits per heavy atom. The summed E-state index contributed by atoms with van der Waals surface area (Å²) in [5.41, 5.74) is 4.70.